The van der Waals surface area contributed by atoms with E-state index in [4.69, 9.17) is 11.6 Å². The smallest absolute Gasteiger partial charge is 0.190 e. The van der Waals surface area contributed by atoms with Gasteiger partial charge < -0.3 is 0 Å². The number of nitrogens with zero attached hydrogens (tertiary/aromatic N) is 4. The lowest BCUT2D eigenvalue weighted by Gasteiger charge is -2.11. The van der Waals surface area contributed by atoms with Gasteiger partial charge in [-0.2, -0.15) is 5.10 Å². The molecule has 21 heavy (non-hydrogen) atoms. The number of thioether (sulfide) groups is 1. The Bertz CT molecular complexity index is 762. The highest BCUT2D eigenvalue weighted by Gasteiger charge is 2.14. The lowest BCUT2D eigenvalue weighted by molar-refractivity contribution is 0.623. The molecule has 0 radical (unpaired) electrons. The number of rotatable bonds is 4. The van der Waals surface area contributed by atoms with Crippen LogP contribution in [0.1, 0.15) is 10.4 Å². The molecule has 0 N–H and O–H groups in total. The van der Waals surface area contributed by atoms with Crippen LogP contribution >= 0.6 is 39.3 Å². The molecule has 3 aromatic rings. The molecule has 4 nitrogen and oxygen atoms in total. The van der Waals surface area contributed by atoms with Crippen LogP contribution in [0.25, 0.3) is 11.0 Å². The maximum absolute atomic E-state index is 6.18. The van der Waals surface area contributed by atoms with Crippen LogP contribution < -0.4 is 0 Å². The van der Waals surface area contributed by atoms with Crippen LogP contribution in [0.5, 0.6) is 0 Å². The molecule has 2 aromatic heterocycles. The first-order valence-electron chi connectivity index (χ1n) is 6.31. The Balaban J connectivity index is 1.96. The third kappa shape index (κ3) is 3.07. The van der Waals surface area contributed by atoms with E-state index in [0.717, 1.165) is 11.0 Å². The molecule has 1 atom stereocenters. The van der Waals surface area contributed by atoms with Gasteiger partial charge >= 0.3 is 0 Å². The summed E-state index contributed by atoms with van der Waals surface area (Å²) in [5.74, 6) is 0. The fourth-order valence-corrected chi connectivity index (χ4v) is 3.25. The molecule has 108 valence electrons. The van der Waals surface area contributed by atoms with Crippen molar-refractivity contribution < 1.29 is 0 Å². The van der Waals surface area contributed by atoms with E-state index in [2.05, 4.69) is 43.1 Å². The molecule has 0 fully saturated rings. The van der Waals surface area contributed by atoms with Gasteiger partial charge in [-0.25, -0.2) is 14.6 Å². The molecule has 1 unspecified atom stereocenters. The van der Waals surface area contributed by atoms with Crippen molar-refractivity contribution in [3.63, 3.8) is 0 Å². The second-order valence-corrected chi connectivity index (χ2v) is 6.68. The minimum atomic E-state index is 0.160. The first-order valence-corrected chi connectivity index (χ1v) is 8.83. The van der Waals surface area contributed by atoms with Crippen LogP contribution in [-0.2, 0) is 6.54 Å². The summed E-state index contributed by atoms with van der Waals surface area (Å²) in [6.07, 6.45) is 3.64. The average Bonchev–Trinajstić information content (AvgIpc) is 2.91. The Labute approximate surface area is 140 Å². The Morgan fingerprint density at radius 1 is 1.29 bits per heavy atom. The first-order chi connectivity index (χ1) is 10.2. The van der Waals surface area contributed by atoms with E-state index in [1.807, 2.05) is 29.1 Å². The van der Waals surface area contributed by atoms with Gasteiger partial charge in [0.05, 0.1) is 23.0 Å². The number of fused-ring (bicyclic) bond motifs is 1. The molecule has 7 heteroatoms. The van der Waals surface area contributed by atoms with E-state index in [1.54, 1.807) is 6.20 Å². The lowest BCUT2D eigenvalue weighted by Crippen LogP contribution is -2.07. The van der Waals surface area contributed by atoms with Gasteiger partial charge in [-0.3, -0.25) is 0 Å². The summed E-state index contributed by atoms with van der Waals surface area (Å²) in [7, 11) is 0. The molecule has 1 aromatic carbocycles. The highest BCUT2D eigenvalue weighted by atomic mass is 79.9. The summed E-state index contributed by atoms with van der Waals surface area (Å²) in [4.78, 5) is 8.89. The zero-order valence-electron chi connectivity index (χ0n) is 11.2. The zero-order valence-corrected chi connectivity index (χ0v) is 14.4. The maximum atomic E-state index is 6.18. The summed E-state index contributed by atoms with van der Waals surface area (Å²) >= 11 is 11.3. The van der Waals surface area contributed by atoms with Crippen molar-refractivity contribution in [1.29, 1.82) is 0 Å². The van der Waals surface area contributed by atoms with Crippen molar-refractivity contribution in [2.45, 2.75) is 16.5 Å². The predicted molar refractivity (Wildman–Crippen MR) is 90.2 cm³/mol. The maximum Gasteiger partial charge on any atom is 0.190 e. The summed E-state index contributed by atoms with van der Waals surface area (Å²) in [6.45, 7) is 0.675. The molecule has 0 amide bonds. The minimum Gasteiger partial charge on any atom is -0.246 e. The Morgan fingerprint density at radius 2 is 2.05 bits per heavy atom. The monoisotopic (exact) mass is 382 g/mol. The third-order valence-corrected chi connectivity index (χ3v) is 4.76. The van der Waals surface area contributed by atoms with Gasteiger partial charge in [0.1, 0.15) is 5.15 Å². The van der Waals surface area contributed by atoms with Crippen molar-refractivity contribution in [3.05, 3.63) is 47.2 Å². The van der Waals surface area contributed by atoms with Crippen LogP contribution in [0.15, 0.2) is 41.7 Å². The summed E-state index contributed by atoms with van der Waals surface area (Å²) in [5, 5.41) is 6.27. The number of aromatic nitrogens is 4. The number of halogens is 2. The molecule has 0 saturated heterocycles. The summed E-state index contributed by atoms with van der Waals surface area (Å²) < 4.78 is 1.86. The first kappa shape index (κ1) is 14.8. The van der Waals surface area contributed by atoms with Crippen LogP contribution in [0, 0.1) is 0 Å². The SMILES string of the molecule is CSc1nc(Cl)c2cnn(CC(Br)c3ccccc3)c2n1. The highest BCUT2D eigenvalue weighted by Crippen LogP contribution is 2.28. The second-order valence-electron chi connectivity index (χ2n) is 4.44. The number of benzene rings is 1. The molecular formula is C14H12BrClN4S. The van der Waals surface area contributed by atoms with E-state index in [1.165, 1.54) is 17.3 Å². The molecule has 0 spiro atoms. The number of hydrogen-bond donors (Lipinski definition) is 0. The standard InChI is InChI=1S/C14H12BrClN4S/c1-21-14-18-12(16)10-7-17-20(13(10)19-14)8-11(15)9-5-3-2-4-6-9/h2-7,11H,8H2,1H3. The normalized spacial score (nSPS) is 12.7. The van der Waals surface area contributed by atoms with Crippen LogP contribution in [0.2, 0.25) is 5.15 Å². The van der Waals surface area contributed by atoms with Gasteiger partial charge in [0.25, 0.3) is 0 Å². The molecule has 2 heterocycles. The highest BCUT2D eigenvalue weighted by molar-refractivity contribution is 9.09. The molecule has 0 saturated carbocycles. The van der Waals surface area contributed by atoms with Gasteiger partial charge in [-0.1, -0.05) is 69.6 Å². The second kappa shape index (κ2) is 6.34. The number of hydrogen-bond acceptors (Lipinski definition) is 4. The van der Waals surface area contributed by atoms with Gasteiger partial charge in [-0.05, 0) is 11.8 Å². The largest absolute Gasteiger partial charge is 0.246 e. The van der Waals surface area contributed by atoms with Crippen molar-refractivity contribution >= 4 is 50.3 Å². The van der Waals surface area contributed by atoms with E-state index < -0.39 is 0 Å². The molecule has 0 bridgehead atoms. The van der Waals surface area contributed by atoms with Gasteiger partial charge in [0.15, 0.2) is 10.8 Å². The van der Waals surface area contributed by atoms with Crippen LogP contribution in [-0.4, -0.2) is 26.0 Å². The van der Waals surface area contributed by atoms with Crippen molar-refractivity contribution in [2.75, 3.05) is 6.26 Å². The van der Waals surface area contributed by atoms with Crippen molar-refractivity contribution in [2.24, 2.45) is 0 Å². The van der Waals surface area contributed by atoms with Crippen molar-refractivity contribution in [1.82, 2.24) is 19.7 Å². The van der Waals surface area contributed by atoms with E-state index in [9.17, 15) is 0 Å². The van der Waals surface area contributed by atoms with Gasteiger partial charge in [0.2, 0.25) is 0 Å². The van der Waals surface area contributed by atoms with E-state index in [0.29, 0.717) is 16.9 Å². The number of alkyl halides is 1. The average molecular weight is 384 g/mol. The predicted octanol–water partition coefficient (Wildman–Crippen LogP) is 4.34. The summed E-state index contributed by atoms with van der Waals surface area (Å²) in [6, 6.07) is 10.2. The molecule has 0 aliphatic carbocycles. The fraction of sp³-hybridized carbons (Fsp3) is 0.214. The van der Waals surface area contributed by atoms with E-state index >= 15 is 0 Å². The topological polar surface area (TPSA) is 43.6 Å². The minimum absolute atomic E-state index is 0.160. The van der Waals surface area contributed by atoms with E-state index in [-0.39, 0.29) is 4.83 Å². The Hall–Kier alpha value is -1.11. The fourth-order valence-electron chi connectivity index (χ4n) is 2.05. The molecular weight excluding hydrogens is 372 g/mol. The third-order valence-electron chi connectivity index (χ3n) is 3.11. The van der Waals surface area contributed by atoms with Crippen LogP contribution in [0.3, 0.4) is 0 Å². The molecule has 0 aliphatic rings. The zero-order chi connectivity index (χ0) is 14.8. The Morgan fingerprint density at radius 3 is 2.76 bits per heavy atom. The lowest BCUT2D eigenvalue weighted by atomic mass is 10.1. The summed E-state index contributed by atoms with van der Waals surface area (Å²) in [5.41, 5.74) is 1.96. The van der Waals surface area contributed by atoms with Gasteiger partial charge in [-0.15, -0.1) is 0 Å². The molecule has 3 rings (SSSR count). The van der Waals surface area contributed by atoms with Crippen LogP contribution in [0.4, 0.5) is 0 Å². The quantitative estimate of drug-likeness (QED) is 0.291. The Kier molecular flexibility index (Phi) is 4.47. The van der Waals surface area contributed by atoms with Crippen molar-refractivity contribution in [3.8, 4) is 0 Å². The van der Waals surface area contributed by atoms with Gasteiger partial charge in [0, 0.05) is 0 Å². The molecule has 0 aliphatic heterocycles.